The van der Waals surface area contributed by atoms with E-state index < -0.39 is 14.5 Å². The molecule has 0 bridgehead atoms. The molecule has 1 aliphatic rings. The van der Waals surface area contributed by atoms with Crippen LogP contribution >= 0.6 is 14.5 Å². The zero-order chi connectivity index (χ0) is 45.0. The van der Waals surface area contributed by atoms with E-state index in [4.69, 9.17) is 0 Å². The highest BCUT2D eigenvalue weighted by molar-refractivity contribution is 7.98. The number of nitrogens with zero attached hydrogens (tertiary/aromatic N) is 2. The first-order valence-corrected chi connectivity index (χ1v) is 26.5. The second-order valence-electron chi connectivity index (χ2n) is 19.3. The zero-order valence-corrected chi connectivity index (χ0v) is 41.3. The Hall–Kier alpha value is -5.52. The Morgan fingerprint density at radius 1 is 0.359 bits per heavy atom. The van der Waals surface area contributed by atoms with Crippen molar-refractivity contribution in [3.8, 4) is 11.1 Å². The Balaban J connectivity index is 1.41. The predicted molar refractivity (Wildman–Crippen MR) is 277 cm³/mol. The van der Waals surface area contributed by atoms with Crippen LogP contribution in [-0.4, -0.2) is 5.16 Å². The van der Waals surface area contributed by atoms with E-state index in [9.17, 15) is 0 Å². The summed E-state index contributed by atoms with van der Waals surface area (Å²) >= 11 is 0. The average molecular weight is 875 g/mol. The monoisotopic (exact) mass is 874 g/mol. The Labute approximate surface area is 384 Å². The van der Waals surface area contributed by atoms with Crippen LogP contribution < -0.4 is 41.0 Å². The fourth-order valence-corrected chi connectivity index (χ4v) is 22.9. The van der Waals surface area contributed by atoms with E-state index in [-0.39, 0.29) is 10.4 Å². The summed E-state index contributed by atoms with van der Waals surface area (Å²) in [6.45, 7) is 20.6. The van der Waals surface area contributed by atoms with Crippen molar-refractivity contribution < 1.29 is 9.13 Å². The molecule has 2 nitrogen and oxygen atoms in total. The summed E-state index contributed by atoms with van der Waals surface area (Å²) in [5.74, 6) is 0. The van der Waals surface area contributed by atoms with Crippen molar-refractivity contribution in [2.24, 2.45) is 7.05 Å². The average Bonchev–Trinajstić information content (AvgIpc) is 3.27. The van der Waals surface area contributed by atoms with E-state index in [0.717, 1.165) is 12.8 Å². The van der Waals surface area contributed by atoms with Crippen molar-refractivity contribution in [3.05, 3.63) is 227 Å². The fourth-order valence-electron chi connectivity index (χ4n) is 11.4. The molecule has 1 saturated carbocycles. The second kappa shape index (κ2) is 16.8. The lowest BCUT2D eigenvalue weighted by Gasteiger charge is -2.56. The first kappa shape index (κ1) is 43.7. The minimum absolute atomic E-state index is 0.136. The van der Waals surface area contributed by atoms with E-state index in [1.165, 1.54) is 87.5 Å². The third-order valence-electron chi connectivity index (χ3n) is 14.5. The van der Waals surface area contributed by atoms with Gasteiger partial charge in [0.25, 0.3) is 5.28 Å². The van der Waals surface area contributed by atoms with Crippen molar-refractivity contribution in [3.63, 3.8) is 0 Å². The number of rotatable bonds is 10. The van der Waals surface area contributed by atoms with Gasteiger partial charge in [0, 0.05) is 23.3 Å². The second-order valence-corrected chi connectivity index (χ2v) is 27.0. The van der Waals surface area contributed by atoms with Gasteiger partial charge in [-0.25, -0.2) is 4.57 Å². The van der Waals surface area contributed by atoms with E-state index in [2.05, 4.69) is 261 Å². The summed E-state index contributed by atoms with van der Waals surface area (Å²) in [5.41, 5.74) is 12.9. The molecular formula is C60H64N2P2+4. The smallest absolute Gasteiger partial charge is 0.207 e. The van der Waals surface area contributed by atoms with Crippen molar-refractivity contribution in [1.82, 2.24) is 0 Å². The maximum Gasteiger partial charge on any atom is 0.287 e. The highest BCUT2D eigenvalue weighted by atomic mass is 31.2. The third kappa shape index (κ3) is 7.10. The van der Waals surface area contributed by atoms with E-state index in [1.54, 1.807) is 0 Å². The van der Waals surface area contributed by atoms with Crippen LogP contribution in [-0.2, 0) is 12.3 Å². The van der Waals surface area contributed by atoms with Crippen LogP contribution in [0.15, 0.2) is 183 Å². The molecule has 0 aliphatic heterocycles. The van der Waals surface area contributed by atoms with Gasteiger partial charge in [0.05, 0.1) is 12.8 Å². The molecule has 0 saturated heterocycles. The van der Waals surface area contributed by atoms with Gasteiger partial charge in [-0.05, 0) is 146 Å². The summed E-state index contributed by atoms with van der Waals surface area (Å²) in [4.78, 5) is 0. The Bertz CT molecular complexity index is 2720. The minimum atomic E-state index is -2.56. The first-order chi connectivity index (χ1) is 30.7. The molecule has 2 aromatic heterocycles. The van der Waals surface area contributed by atoms with Crippen LogP contribution in [0, 0.1) is 55.4 Å². The molecule has 0 N–H and O–H groups in total. The van der Waals surface area contributed by atoms with E-state index in [1.807, 2.05) is 0 Å². The van der Waals surface area contributed by atoms with Gasteiger partial charge in [-0.15, -0.1) is 0 Å². The molecule has 0 unspecified atom stereocenters. The summed E-state index contributed by atoms with van der Waals surface area (Å²) in [6.07, 6.45) is 11.4. The molecule has 0 amide bonds. The van der Waals surface area contributed by atoms with E-state index >= 15 is 0 Å². The van der Waals surface area contributed by atoms with Gasteiger partial charge in [-0.1, -0.05) is 106 Å². The number of aromatic nitrogens is 2. The van der Waals surface area contributed by atoms with Gasteiger partial charge in [0.2, 0.25) is 0 Å². The van der Waals surface area contributed by atoms with Crippen LogP contribution in [0.1, 0.15) is 64.3 Å². The fraction of sp³-hybridized carbons (Fsp3) is 0.233. The van der Waals surface area contributed by atoms with Crippen molar-refractivity contribution >= 4 is 46.4 Å². The van der Waals surface area contributed by atoms with E-state index in [0.29, 0.717) is 0 Å². The van der Waals surface area contributed by atoms with Crippen LogP contribution in [0.3, 0.4) is 0 Å². The lowest BCUT2D eigenvalue weighted by Crippen LogP contribution is -2.74. The number of hydrogen-bond donors (Lipinski definition) is 0. The SMILES string of the molecule is Cc1ccc([P+](c2ccc(C)cc2)(c2ccc(C)cc2)C2(C)CC([n+]3ccc(-c4cc[n+](C)cc4C)c(C)c3)([P+](c3ccc(C)cc3)(c3ccc(C)cc3)c3ccc(C)cc3)C2)cc1. The van der Waals surface area contributed by atoms with Gasteiger partial charge in [0.15, 0.2) is 32.0 Å². The predicted octanol–water partition coefficient (Wildman–Crippen LogP) is 11.1. The molecular weight excluding hydrogens is 811 g/mol. The van der Waals surface area contributed by atoms with Gasteiger partial charge >= 0.3 is 0 Å². The summed E-state index contributed by atoms with van der Waals surface area (Å²) in [5, 5.41) is 8.18. The summed E-state index contributed by atoms with van der Waals surface area (Å²) in [7, 11) is -2.83. The molecule has 6 aromatic carbocycles. The van der Waals surface area contributed by atoms with Crippen molar-refractivity contribution in [1.29, 1.82) is 0 Å². The standard InChI is InChI=1S/C60H64N2P2/c1-43-11-23-51(24-12-43)63(52-25-13-44(2)14-26-52,53-27-15-45(3)16-28-53)59(9)41-60(42-59,62-38-36-58(50(8)40-62)57-35-37-61(10)39-49(57)7)64(54-29-17-46(4)18-30-54,55-31-19-47(5)20-32-55)56-33-21-48(6)22-34-56/h11-40H,41-42H2,1-10H3/q+4. The van der Waals surface area contributed by atoms with Crippen LogP contribution in [0.2, 0.25) is 0 Å². The molecule has 0 radical (unpaired) electrons. The lowest BCUT2D eigenvalue weighted by molar-refractivity contribution is -0.753. The molecule has 0 atom stereocenters. The normalized spacial score (nSPS) is 17.5. The molecule has 8 aromatic rings. The Kier molecular flexibility index (Phi) is 11.5. The molecule has 0 spiro atoms. The molecule has 64 heavy (non-hydrogen) atoms. The topological polar surface area (TPSA) is 7.76 Å². The van der Waals surface area contributed by atoms with Gasteiger partial charge in [0.1, 0.15) is 51.3 Å². The van der Waals surface area contributed by atoms with Crippen LogP contribution in [0.25, 0.3) is 11.1 Å². The maximum atomic E-state index is 2.73. The van der Waals surface area contributed by atoms with Gasteiger partial charge < -0.3 is 0 Å². The number of pyridine rings is 2. The number of benzene rings is 6. The number of aryl methyl sites for hydroxylation is 9. The van der Waals surface area contributed by atoms with Gasteiger partial charge in [-0.3, -0.25) is 0 Å². The summed E-state index contributed by atoms with van der Waals surface area (Å²) < 4.78 is 4.88. The minimum Gasteiger partial charge on any atom is -0.207 e. The first-order valence-electron chi connectivity index (χ1n) is 22.9. The largest absolute Gasteiger partial charge is 0.287 e. The maximum absolute atomic E-state index is 2.73. The van der Waals surface area contributed by atoms with Crippen molar-refractivity contribution in [2.45, 2.75) is 85.6 Å². The third-order valence-corrected chi connectivity index (χ3v) is 24.7. The highest BCUT2D eigenvalue weighted by Crippen LogP contribution is 2.83. The summed E-state index contributed by atoms with van der Waals surface area (Å²) in [6, 6.07) is 62.7. The molecule has 1 fully saturated rings. The van der Waals surface area contributed by atoms with Crippen LogP contribution in [0.4, 0.5) is 0 Å². The van der Waals surface area contributed by atoms with Gasteiger partial charge in [-0.2, -0.15) is 4.57 Å². The highest BCUT2D eigenvalue weighted by Gasteiger charge is 2.84. The number of hydrogen-bond acceptors (Lipinski definition) is 0. The molecule has 4 heteroatoms. The van der Waals surface area contributed by atoms with Crippen molar-refractivity contribution in [2.75, 3.05) is 0 Å². The molecule has 2 heterocycles. The zero-order valence-electron chi connectivity index (χ0n) is 39.5. The quantitative estimate of drug-likeness (QED) is 0.0955. The lowest BCUT2D eigenvalue weighted by atomic mass is 9.79. The van der Waals surface area contributed by atoms with Crippen LogP contribution in [0.5, 0.6) is 0 Å². The molecule has 320 valence electrons. The molecule has 9 rings (SSSR count). The Morgan fingerprint density at radius 3 is 0.938 bits per heavy atom. The Morgan fingerprint density at radius 2 is 0.641 bits per heavy atom. The molecule has 1 aliphatic carbocycles.